The summed E-state index contributed by atoms with van der Waals surface area (Å²) < 4.78 is 10.7. The van der Waals surface area contributed by atoms with Crippen molar-refractivity contribution < 1.29 is 19.2 Å². The average molecular weight is 392 g/mol. The Hall–Kier alpha value is -3.12. The monoisotopic (exact) mass is 392 g/mol. The van der Waals surface area contributed by atoms with Crippen molar-refractivity contribution in [3.8, 4) is 16.9 Å². The number of β-amino-alcohol motifs (C(OH)–C–C–N with tert-alkyl or cyclic N) is 1. The number of carbonyl (C=O) groups is 1. The van der Waals surface area contributed by atoms with E-state index in [-0.39, 0.29) is 11.8 Å². The van der Waals surface area contributed by atoms with E-state index in [2.05, 4.69) is 5.16 Å². The minimum absolute atomic E-state index is 0.0563. The van der Waals surface area contributed by atoms with Gasteiger partial charge in [0.05, 0.1) is 18.9 Å². The largest absolute Gasteiger partial charge is 0.496 e. The van der Waals surface area contributed by atoms with Gasteiger partial charge in [-0.15, -0.1) is 0 Å². The molecule has 1 aromatic heterocycles. The number of carbonyl (C=O) groups excluding carboxylic acids is 1. The van der Waals surface area contributed by atoms with Gasteiger partial charge in [-0.3, -0.25) is 4.79 Å². The maximum absolute atomic E-state index is 12.9. The second-order valence-corrected chi connectivity index (χ2v) is 7.45. The van der Waals surface area contributed by atoms with E-state index >= 15 is 0 Å². The molecule has 150 valence electrons. The smallest absolute Gasteiger partial charge is 0.253 e. The van der Waals surface area contributed by atoms with Gasteiger partial charge in [0.25, 0.3) is 5.91 Å². The topological polar surface area (TPSA) is 75.8 Å². The van der Waals surface area contributed by atoms with Crippen molar-refractivity contribution in [3.63, 3.8) is 0 Å². The van der Waals surface area contributed by atoms with Gasteiger partial charge in [0.15, 0.2) is 0 Å². The van der Waals surface area contributed by atoms with Crippen LogP contribution in [0.15, 0.2) is 59.1 Å². The minimum Gasteiger partial charge on any atom is -0.496 e. The third-order valence-electron chi connectivity index (χ3n) is 5.38. The number of hydrogen-bond acceptors (Lipinski definition) is 5. The Morgan fingerprint density at radius 1 is 1.21 bits per heavy atom. The van der Waals surface area contributed by atoms with E-state index in [4.69, 9.17) is 9.26 Å². The fourth-order valence-corrected chi connectivity index (χ4v) is 3.85. The predicted molar refractivity (Wildman–Crippen MR) is 109 cm³/mol. The summed E-state index contributed by atoms with van der Waals surface area (Å²) in [7, 11) is 1.64. The molecular formula is C23H24N2O4. The molecule has 0 saturated carbocycles. The molecule has 1 saturated heterocycles. The maximum atomic E-state index is 12.9. The third kappa shape index (κ3) is 4.03. The molecule has 1 fully saturated rings. The highest BCUT2D eigenvalue weighted by Crippen LogP contribution is 2.30. The molecular weight excluding hydrogens is 368 g/mol. The first-order valence-corrected chi connectivity index (χ1v) is 9.68. The van der Waals surface area contributed by atoms with Crippen LogP contribution < -0.4 is 4.74 Å². The van der Waals surface area contributed by atoms with Crippen LogP contribution >= 0.6 is 0 Å². The summed E-state index contributed by atoms with van der Waals surface area (Å²) in [6.07, 6.45) is -0.00405. The molecule has 0 bridgehead atoms. The summed E-state index contributed by atoms with van der Waals surface area (Å²) in [5.74, 6) is 1.40. The number of ether oxygens (including phenoxy) is 1. The number of aromatic nitrogens is 1. The molecule has 1 aliphatic rings. The van der Waals surface area contributed by atoms with Crippen molar-refractivity contribution in [2.75, 3.05) is 20.2 Å². The Bertz CT molecular complexity index is 996. The number of amides is 1. The molecule has 1 amide bonds. The summed E-state index contributed by atoms with van der Waals surface area (Å²) >= 11 is 0. The van der Waals surface area contributed by atoms with Crippen LogP contribution in [0.4, 0.5) is 0 Å². The molecule has 1 N–H and O–H groups in total. The standard InChI is InChI=1S/C23H24N2O4/c1-15-11-19(29-24-15)12-18-13-25(14-21(18)26)23(27)17-9-7-16(8-10-17)20-5-3-4-6-22(20)28-2/h3-11,18,21,26H,12-14H2,1-2H3/t18-,21-/m1/s1. The third-order valence-corrected chi connectivity index (χ3v) is 5.38. The second kappa shape index (κ2) is 8.09. The number of rotatable bonds is 5. The van der Waals surface area contributed by atoms with Crippen LogP contribution in [0.5, 0.6) is 5.75 Å². The summed E-state index contributed by atoms with van der Waals surface area (Å²) in [5, 5.41) is 14.3. The number of aryl methyl sites for hydroxylation is 1. The minimum atomic E-state index is -0.572. The number of likely N-dealkylation sites (tertiary alicyclic amines) is 1. The fourth-order valence-electron chi connectivity index (χ4n) is 3.85. The van der Waals surface area contributed by atoms with Gasteiger partial charge >= 0.3 is 0 Å². The van der Waals surface area contributed by atoms with E-state index in [0.29, 0.717) is 25.1 Å². The van der Waals surface area contributed by atoms with E-state index in [1.807, 2.05) is 61.5 Å². The maximum Gasteiger partial charge on any atom is 0.253 e. The molecule has 2 aromatic carbocycles. The number of para-hydroxylation sites is 1. The highest BCUT2D eigenvalue weighted by atomic mass is 16.5. The van der Waals surface area contributed by atoms with Gasteiger partial charge in [0, 0.05) is 42.6 Å². The van der Waals surface area contributed by atoms with E-state index in [9.17, 15) is 9.90 Å². The van der Waals surface area contributed by atoms with E-state index in [0.717, 1.165) is 28.3 Å². The summed E-state index contributed by atoms with van der Waals surface area (Å²) in [5.41, 5.74) is 3.38. The van der Waals surface area contributed by atoms with Crippen LogP contribution in [-0.4, -0.2) is 47.4 Å². The molecule has 6 nitrogen and oxygen atoms in total. The average Bonchev–Trinajstić information content (AvgIpc) is 3.33. The van der Waals surface area contributed by atoms with Gasteiger partial charge in [0.1, 0.15) is 11.5 Å². The van der Waals surface area contributed by atoms with Crippen LogP contribution in [0.2, 0.25) is 0 Å². The molecule has 0 unspecified atom stereocenters. The fraction of sp³-hybridized carbons (Fsp3) is 0.304. The normalized spacial score (nSPS) is 18.8. The van der Waals surface area contributed by atoms with Crippen molar-refractivity contribution in [2.24, 2.45) is 5.92 Å². The van der Waals surface area contributed by atoms with Gasteiger partial charge in [-0.25, -0.2) is 0 Å². The van der Waals surface area contributed by atoms with Gasteiger partial charge in [-0.2, -0.15) is 0 Å². The molecule has 6 heteroatoms. The molecule has 0 aliphatic carbocycles. The molecule has 1 aliphatic heterocycles. The Labute approximate surface area is 169 Å². The van der Waals surface area contributed by atoms with Crippen LogP contribution in [0.3, 0.4) is 0 Å². The van der Waals surface area contributed by atoms with Crippen molar-refractivity contribution in [3.05, 3.63) is 71.6 Å². The van der Waals surface area contributed by atoms with Gasteiger partial charge in [-0.05, 0) is 30.7 Å². The Morgan fingerprint density at radius 3 is 2.66 bits per heavy atom. The van der Waals surface area contributed by atoms with Crippen LogP contribution in [0.25, 0.3) is 11.1 Å². The highest BCUT2D eigenvalue weighted by molar-refractivity contribution is 5.95. The lowest BCUT2D eigenvalue weighted by atomic mass is 10.0. The van der Waals surface area contributed by atoms with Gasteiger partial charge in [0.2, 0.25) is 0 Å². The zero-order valence-corrected chi connectivity index (χ0v) is 16.5. The molecule has 0 spiro atoms. The van der Waals surface area contributed by atoms with Crippen LogP contribution in [0, 0.1) is 12.8 Å². The number of nitrogens with zero attached hydrogens (tertiary/aromatic N) is 2. The number of hydrogen-bond donors (Lipinski definition) is 1. The number of methoxy groups -OCH3 is 1. The number of aliphatic hydroxyl groups excluding tert-OH is 1. The lowest BCUT2D eigenvalue weighted by Gasteiger charge is -2.16. The first-order chi connectivity index (χ1) is 14.0. The second-order valence-electron chi connectivity index (χ2n) is 7.45. The highest BCUT2D eigenvalue weighted by Gasteiger charge is 2.35. The first kappa shape index (κ1) is 19.2. The molecule has 3 aromatic rings. The Balaban J connectivity index is 1.45. The quantitative estimate of drug-likeness (QED) is 0.721. The number of aliphatic hydroxyl groups is 1. The summed E-state index contributed by atoms with van der Waals surface area (Å²) in [4.78, 5) is 14.6. The molecule has 29 heavy (non-hydrogen) atoms. The zero-order valence-electron chi connectivity index (χ0n) is 16.5. The van der Waals surface area contributed by atoms with Crippen LogP contribution in [0.1, 0.15) is 21.8 Å². The molecule has 0 radical (unpaired) electrons. The van der Waals surface area contributed by atoms with E-state index < -0.39 is 6.10 Å². The zero-order chi connectivity index (χ0) is 20.4. The van der Waals surface area contributed by atoms with Crippen molar-refractivity contribution in [1.82, 2.24) is 10.1 Å². The summed E-state index contributed by atoms with van der Waals surface area (Å²) in [6.45, 7) is 2.68. The Morgan fingerprint density at radius 2 is 1.97 bits per heavy atom. The molecule has 4 rings (SSSR count). The van der Waals surface area contributed by atoms with Crippen LogP contribution in [-0.2, 0) is 6.42 Å². The number of benzene rings is 2. The van der Waals surface area contributed by atoms with Crippen molar-refractivity contribution in [1.29, 1.82) is 0 Å². The SMILES string of the molecule is COc1ccccc1-c1ccc(C(=O)N2C[C@@H](Cc3cc(C)no3)[C@H](O)C2)cc1. The lowest BCUT2D eigenvalue weighted by Crippen LogP contribution is -2.29. The van der Waals surface area contributed by atoms with Gasteiger partial charge in [-0.1, -0.05) is 35.5 Å². The Kier molecular flexibility index (Phi) is 5.36. The molecule has 2 atom stereocenters. The van der Waals surface area contributed by atoms with E-state index in [1.165, 1.54) is 0 Å². The van der Waals surface area contributed by atoms with E-state index in [1.54, 1.807) is 12.0 Å². The first-order valence-electron chi connectivity index (χ1n) is 9.68. The predicted octanol–water partition coefficient (Wildman–Crippen LogP) is 3.33. The van der Waals surface area contributed by atoms with Crippen molar-refractivity contribution in [2.45, 2.75) is 19.4 Å². The van der Waals surface area contributed by atoms with Crippen molar-refractivity contribution >= 4 is 5.91 Å². The summed E-state index contributed by atoms with van der Waals surface area (Å²) in [6, 6.07) is 17.1. The molecule has 2 heterocycles. The lowest BCUT2D eigenvalue weighted by molar-refractivity contribution is 0.0764. The van der Waals surface area contributed by atoms with Gasteiger partial charge < -0.3 is 19.3 Å².